The Morgan fingerprint density at radius 1 is 0.773 bits per heavy atom. The van der Waals surface area contributed by atoms with Gasteiger partial charge in [0.2, 0.25) is 0 Å². The van der Waals surface area contributed by atoms with Crippen molar-refractivity contribution in [3.8, 4) is 34.2 Å². The van der Waals surface area contributed by atoms with Crippen molar-refractivity contribution in [2.75, 3.05) is 24.7 Å². The van der Waals surface area contributed by atoms with E-state index in [0.29, 0.717) is 16.9 Å². The molecular formula is C28H22N2O12S2-2. The van der Waals surface area contributed by atoms with E-state index in [1.54, 1.807) is 30.3 Å². The first-order chi connectivity index (χ1) is 20.7. The molecule has 0 aliphatic rings. The lowest BCUT2D eigenvalue weighted by molar-refractivity contribution is -0.272. The molecular weight excluding hydrogens is 620 g/mol. The monoisotopic (exact) mass is 642 g/mol. The SMILES string of the molecule is O=c1nc([O-])c2cc3c(=O)n(-c4ccc(-c5cccc(OCCCS(=O)(=O)[O-])c5)cc4OCCCS(=O)(=O)O)c(=O)c3cc12. The van der Waals surface area contributed by atoms with Crippen LogP contribution in [0.4, 0.5) is 0 Å². The van der Waals surface area contributed by atoms with E-state index in [4.69, 9.17) is 14.0 Å². The molecule has 230 valence electrons. The summed E-state index contributed by atoms with van der Waals surface area (Å²) in [4.78, 5) is 42.3. The highest BCUT2D eigenvalue weighted by Gasteiger charge is 2.20. The molecule has 0 saturated carbocycles. The van der Waals surface area contributed by atoms with Gasteiger partial charge in [-0.05, 0) is 71.6 Å². The molecule has 0 radical (unpaired) electrons. The van der Waals surface area contributed by atoms with E-state index in [1.165, 1.54) is 12.1 Å². The van der Waals surface area contributed by atoms with Gasteiger partial charge in [0.05, 0.1) is 50.9 Å². The molecule has 5 rings (SSSR count). The highest BCUT2D eigenvalue weighted by Crippen LogP contribution is 2.32. The van der Waals surface area contributed by atoms with Crippen molar-refractivity contribution >= 4 is 41.8 Å². The summed E-state index contributed by atoms with van der Waals surface area (Å²) >= 11 is 0. The van der Waals surface area contributed by atoms with Gasteiger partial charge in [0, 0.05) is 5.75 Å². The van der Waals surface area contributed by atoms with Gasteiger partial charge in [0.25, 0.3) is 26.8 Å². The molecule has 14 nitrogen and oxygen atoms in total. The molecule has 0 fully saturated rings. The van der Waals surface area contributed by atoms with Gasteiger partial charge in [-0.15, -0.1) is 0 Å². The zero-order valence-corrected chi connectivity index (χ0v) is 24.2. The summed E-state index contributed by atoms with van der Waals surface area (Å²) in [5, 5.41) is 11.7. The Balaban J connectivity index is 1.54. The predicted molar refractivity (Wildman–Crippen MR) is 156 cm³/mol. The van der Waals surface area contributed by atoms with Crippen LogP contribution in [0.2, 0.25) is 0 Å². The summed E-state index contributed by atoms with van der Waals surface area (Å²) in [6.45, 7) is -0.246. The summed E-state index contributed by atoms with van der Waals surface area (Å²) in [5.74, 6) is -1.61. The Morgan fingerprint density at radius 3 is 2.09 bits per heavy atom. The Kier molecular flexibility index (Phi) is 8.26. The second-order valence-electron chi connectivity index (χ2n) is 9.77. The molecule has 0 amide bonds. The molecule has 44 heavy (non-hydrogen) atoms. The van der Waals surface area contributed by atoms with E-state index in [2.05, 4.69) is 4.98 Å². The van der Waals surface area contributed by atoms with Crippen molar-refractivity contribution in [1.29, 1.82) is 0 Å². The van der Waals surface area contributed by atoms with Crippen LogP contribution in [-0.4, -0.2) is 60.2 Å². The number of ether oxygens (including phenoxy) is 2. The molecule has 0 spiro atoms. The minimum atomic E-state index is -4.37. The van der Waals surface area contributed by atoms with Gasteiger partial charge in [-0.25, -0.2) is 18.0 Å². The number of hydrogen-bond donors (Lipinski definition) is 1. The van der Waals surface area contributed by atoms with Crippen molar-refractivity contribution in [2.24, 2.45) is 0 Å². The molecule has 0 bridgehead atoms. The fourth-order valence-electron chi connectivity index (χ4n) is 4.68. The molecule has 16 heteroatoms. The summed E-state index contributed by atoms with van der Waals surface area (Å²) in [7, 11) is -8.65. The number of fused-ring (bicyclic) bond motifs is 2. The van der Waals surface area contributed by atoms with E-state index in [-0.39, 0.29) is 59.0 Å². The fourth-order valence-corrected chi connectivity index (χ4v) is 5.63. The van der Waals surface area contributed by atoms with E-state index < -0.39 is 54.3 Å². The molecule has 0 saturated heterocycles. The number of nitrogens with zero attached hydrogens (tertiary/aromatic N) is 2. The van der Waals surface area contributed by atoms with Crippen molar-refractivity contribution in [1.82, 2.24) is 9.55 Å². The van der Waals surface area contributed by atoms with Crippen LogP contribution in [0.15, 0.2) is 69.0 Å². The first kappa shape index (κ1) is 30.8. The topological polar surface area (TPSA) is 222 Å². The van der Waals surface area contributed by atoms with Crippen LogP contribution in [0.1, 0.15) is 12.8 Å². The molecule has 3 aromatic carbocycles. The van der Waals surface area contributed by atoms with Gasteiger partial charge in [-0.2, -0.15) is 8.42 Å². The average molecular weight is 643 g/mol. The third kappa shape index (κ3) is 6.62. The Bertz CT molecular complexity index is 2270. The van der Waals surface area contributed by atoms with Crippen LogP contribution in [-0.2, 0) is 20.2 Å². The number of rotatable bonds is 12. The van der Waals surface area contributed by atoms with E-state index >= 15 is 0 Å². The number of hydrogen-bond acceptors (Lipinski definition) is 12. The van der Waals surface area contributed by atoms with E-state index in [1.807, 2.05) is 0 Å². The number of aromatic nitrogens is 2. The van der Waals surface area contributed by atoms with Gasteiger partial charge in [-0.3, -0.25) is 18.9 Å². The van der Waals surface area contributed by atoms with Crippen molar-refractivity contribution in [3.05, 3.63) is 85.7 Å². The molecule has 0 atom stereocenters. The van der Waals surface area contributed by atoms with Gasteiger partial charge in [0.1, 0.15) is 11.5 Å². The molecule has 0 aliphatic carbocycles. The Labute approximate surface area is 248 Å². The van der Waals surface area contributed by atoms with E-state index in [0.717, 1.165) is 16.7 Å². The van der Waals surface area contributed by atoms with Gasteiger partial charge < -0.3 is 19.1 Å². The molecule has 2 heterocycles. The minimum Gasteiger partial charge on any atom is -0.858 e. The summed E-state index contributed by atoms with van der Waals surface area (Å²) < 4.78 is 76.0. The van der Waals surface area contributed by atoms with Crippen molar-refractivity contribution < 1.29 is 40.5 Å². The van der Waals surface area contributed by atoms with Crippen molar-refractivity contribution in [2.45, 2.75) is 12.8 Å². The molecule has 0 unspecified atom stereocenters. The maximum absolute atomic E-state index is 13.4. The van der Waals surface area contributed by atoms with Gasteiger partial charge >= 0.3 is 0 Å². The van der Waals surface area contributed by atoms with Crippen LogP contribution in [0.5, 0.6) is 17.4 Å². The van der Waals surface area contributed by atoms with Crippen LogP contribution in [0, 0.1) is 0 Å². The largest absolute Gasteiger partial charge is 0.858 e. The van der Waals surface area contributed by atoms with E-state index in [9.17, 15) is 40.9 Å². The standard InChI is InChI=1S/C28H24N2O12S2/c31-25-19-14-21-22(15-20(19)26(32)29-25)28(34)30(27(21)33)23-7-6-17(13-24(23)42-9-3-11-44(38,39)40)16-4-1-5-18(12-16)41-8-2-10-43(35,36)37/h1,4-7,12-15H,2-3,8-11H2,(H,29,31,32)(H,35,36,37)(H,38,39,40)/p-2. The maximum atomic E-state index is 13.4. The highest BCUT2D eigenvalue weighted by atomic mass is 32.2. The first-order valence-electron chi connectivity index (χ1n) is 13.0. The molecule has 2 aromatic heterocycles. The third-order valence-corrected chi connectivity index (χ3v) is 8.26. The lowest BCUT2D eigenvalue weighted by atomic mass is 10.0. The van der Waals surface area contributed by atoms with Crippen LogP contribution >= 0.6 is 0 Å². The second-order valence-corrected chi connectivity index (χ2v) is 12.9. The first-order valence-corrected chi connectivity index (χ1v) is 16.2. The van der Waals surface area contributed by atoms with Crippen molar-refractivity contribution in [3.63, 3.8) is 0 Å². The lowest BCUT2D eigenvalue weighted by Gasteiger charge is -2.14. The fraction of sp³-hybridized carbons (Fsp3) is 0.214. The molecule has 0 aliphatic heterocycles. The Hall–Kier alpha value is -4.64. The predicted octanol–water partition coefficient (Wildman–Crippen LogP) is 0.846. The summed E-state index contributed by atoms with van der Waals surface area (Å²) in [5.41, 5.74) is -1.27. The third-order valence-electron chi connectivity index (χ3n) is 6.67. The van der Waals surface area contributed by atoms with Crippen LogP contribution < -0.4 is 31.3 Å². The quantitative estimate of drug-likeness (QED) is 0.147. The van der Waals surface area contributed by atoms with Crippen LogP contribution in [0.25, 0.3) is 38.4 Å². The van der Waals surface area contributed by atoms with Gasteiger partial charge in [-0.1, -0.05) is 18.2 Å². The second kappa shape index (κ2) is 11.8. The normalized spacial score (nSPS) is 12.2. The molecule has 5 aromatic rings. The number of benzene rings is 3. The van der Waals surface area contributed by atoms with Crippen LogP contribution in [0.3, 0.4) is 0 Å². The Morgan fingerprint density at radius 2 is 1.41 bits per heavy atom. The smallest absolute Gasteiger partial charge is 0.277 e. The highest BCUT2D eigenvalue weighted by molar-refractivity contribution is 7.85. The lowest BCUT2D eigenvalue weighted by Crippen LogP contribution is -2.24. The minimum absolute atomic E-state index is 0.000493. The maximum Gasteiger partial charge on any atom is 0.277 e. The summed E-state index contributed by atoms with van der Waals surface area (Å²) in [6, 6.07) is 13.5. The average Bonchev–Trinajstić information content (AvgIpc) is 3.37. The zero-order chi connectivity index (χ0) is 31.8. The summed E-state index contributed by atoms with van der Waals surface area (Å²) in [6.07, 6.45) is -0.125. The van der Waals surface area contributed by atoms with Gasteiger partial charge in [0.15, 0.2) is 0 Å². The zero-order valence-electron chi connectivity index (χ0n) is 22.6. The molecule has 1 N–H and O–H groups in total.